The molecule has 1 aromatic heterocycles. The molecule has 110 valence electrons. The maximum absolute atomic E-state index is 12.1. The topological polar surface area (TPSA) is 94.7 Å². The van der Waals surface area contributed by atoms with Crippen molar-refractivity contribution in [2.75, 3.05) is 12.4 Å². The highest BCUT2D eigenvalue weighted by Gasteiger charge is 2.20. The van der Waals surface area contributed by atoms with E-state index in [2.05, 4.69) is 15.0 Å². The predicted molar refractivity (Wildman–Crippen MR) is 75.9 cm³/mol. The van der Waals surface area contributed by atoms with Crippen LogP contribution in [0.25, 0.3) is 0 Å². The number of hydrogen-bond acceptors (Lipinski definition) is 6. The Balaban J connectivity index is 3.49. The molecule has 0 radical (unpaired) electrons. The van der Waals surface area contributed by atoms with E-state index in [9.17, 15) is 14.4 Å². The fourth-order valence-corrected chi connectivity index (χ4v) is 1.69. The second-order valence-electron chi connectivity index (χ2n) is 4.18. The molecule has 0 aliphatic carbocycles. The molecule has 1 aromatic rings. The Bertz CT molecular complexity index is 657. The lowest BCUT2D eigenvalue weighted by atomic mass is 10.3. The zero-order valence-electron chi connectivity index (χ0n) is 12.1. The highest BCUT2D eigenvalue weighted by atomic mass is 16.5. The number of carbonyl (C=O) groups is 1. The Kier molecular flexibility index (Phi) is 4.84. The smallest absolute Gasteiger partial charge is 0.332 e. The molecule has 0 unspecified atom stereocenters. The Morgan fingerprint density at radius 2 is 1.95 bits per heavy atom. The zero-order chi connectivity index (χ0) is 15.4. The van der Waals surface area contributed by atoms with Crippen LogP contribution in [0.3, 0.4) is 0 Å². The Labute approximate surface area is 115 Å². The van der Waals surface area contributed by atoms with Crippen LogP contribution in [-0.2, 0) is 23.6 Å². The second-order valence-corrected chi connectivity index (χ2v) is 4.18. The normalized spacial score (nSPS) is 12.4. The quantitative estimate of drug-likeness (QED) is 0.608. The van der Waals surface area contributed by atoms with Crippen molar-refractivity contribution in [1.29, 1.82) is 0 Å². The van der Waals surface area contributed by atoms with Gasteiger partial charge < -0.3 is 10.1 Å². The first kappa shape index (κ1) is 15.7. The summed E-state index contributed by atoms with van der Waals surface area (Å²) in [5.74, 6) is -0.358. The minimum Gasteiger partial charge on any atom is -0.467 e. The number of methoxy groups -OCH3 is 1. The van der Waals surface area contributed by atoms with Gasteiger partial charge >= 0.3 is 11.7 Å². The maximum Gasteiger partial charge on any atom is 0.332 e. The maximum atomic E-state index is 12.1. The van der Waals surface area contributed by atoms with Gasteiger partial charge in [0, 0.05) is 20.3 Å². The summed E-state index contributed by atoms with van der Waals surface area (Å²) in [5.41, 5.74) is -0.970. The molecule has 0 amide bonds. The van der Waals surface area contributed by atoms with Crippen LogP contribution in [0.4, 0.5) is 11.5 Å². The third kappa shape index (κ3) is 2.79. The van der Waals surface area contributed by atoms with Crippen molar-refractivity contribution in [3.8, 4) is 0 Å². The lowest BCUT2D eigenvalue weighted by Gasteiger charge is -2.16. The summed E-state index contributed by atoms with van der Waals surface area (Å²) in [7, 11) is 4.11. The van der Waals surface area contributed by atoms with Gasteiger partial charge in [-0.05, 0) is 13.8 Å². The first-order valence-corrected chi connectivity index (χ1v) is 5.98. The van der Waals surface area contributed by atoms with Crippen molar-refractivity contribution in [3.05, 3.63) is 20.8 Å². The molecule has 1 rings (SSSR count). The molecule has 0 saturated carbocycles. The molecule has 0 spiro atoms. The van der Waals surface area contributed by atoms with Crippen molar-refractivity contribution in [2.24, 2.45) is 19.1 Å². The first-order valence-electron chi connectivity index (χ1n) is 5.98. The molecule has 1 heterocycles. The number of aromatic nitrogens is 2. The van der Waals surface area contributed by atoms with Gasteiger partial charge in [-0.3, -0.25) is 13.9 Å². The van der Waals surface area contributed by atoms with Crippen molar-refractivity contribution < 1.29 is 9.53 Å². The standard InChI is InChI=1S/C12H18N4O4/c1-6-13-9-8(14-7(2)11(18)20-5)10(17)16(4)12(19)15(9)3/h6-7,14H,1-5H3/b13-6-/t7-/m0/s1. The number of nitrogens with one attached hydrogen (secondary N) is 1. The van der Waals surface area contributed by atoms with E-state index in [0.717, 1.165) is 4.57 Å². The number of ether oxygens (including phenoxy) is 1. The van der Waals surface area contributed by atoms with E-state index in [1.807, 2.05) is 0 Å². The van der Waals surface area contributed by atoms with Gasteiger partial charge in [-0.1, -0.05) is 0 Å². The average molecular weight is 282 g/mol. The Morgan fingerprint density at radius 3 is 2.45 bits per heavy atom. The summed E-state index contributed by atoms with van der Waals surface area (Å²) in [6, 6.07) is -0.740. The molecule has 0 bridgehead atoms. The van der Waals surface area contributed by atoms with Crippen molar-refractivity contribution in [1.82, 2.24) is 9.13 Å². The van der Waals surface area contributed by atoms with Crippen molar-refractivity contribution >= 4 is 23.7 Å². The number of anilines is 1. The van der Waals surface area contributed by atoms with E-state index < -0.39 is 23.3 Å². The van der Waals surface area contributed by atoms with Gasteiger partial charge in [-0.2, -0.15) is 0 Å². The summed E-state index contributed by atoms with van der Waals surface area (Å²) < 4.78 is 6.77. The van der Waals surface area contributed by atoms with E-state index in [4.69, 9.17) is 0 Å². The number of hydrogen-bond donors (Lipinski definition) is 1. The van der Waals surface area contributed by atoms with E-state index >= 15 is 0 Å². The van der Waals surface area contributed by atoms with E-state index in [0.29, 0.717) is 0 Å². The van der Waals surface area contributed by atoms with Crippen molar-refractivity contribution in [2.45, 2.75) is 19.9 Å². The van der Waals surface area contributed by atoms with Gasteiger partial charge in [0.15, 0.2) is 5.82 Å². The Hall–Kier alpha value is -2.38. The van der Waals surface area contributed by atoms with Crippen LogP contribution in [-0.4, -0.2) is 34.5 Å². The molecular formula is C12H18N4O4. The second kappa shape index (κ2) is 6.18. The number of esters is 1. The monoisotopic (exact) mass is 282 g/mol. The number of nitrogens with zero attached hydrogens (tertiary/aromatic N) is 3. The lowest BCUT2D eigenvalue weighted by Crippen LogP contribution is -2.40. The fraction of sp³-hybridized carbons (Fsp3) is 0.500. The van der Waals surface area contributed by atoms with Gasteiger partial charge in [-0.15, -0.1) is 0 Å². The van der Waals surface area contributed by atoms with Crippen LogP contribution in [0.15, 0.2) is 14.6 Å². The summed E-state index contributed by atoms with van der Waals surface area (Å²) in [6.45, 7) is 3.21. The minimum atomic E-state index is -0.740. The van der Waals surface area contributed by atoms with Crippen LogP contribution in [0.2, 0.25) is 0 Å². The summed E-state index contributed by atoms with van der Waals surface area (Å²) in [6.07, 6.45) is 1.46. The summed E-state index contributed by atoms with van der Waals surface area (Å²) >= 11 is 0. The summed E-state index contributed by atoms with van der Waals surface area (Å²) in [5, 5.41) is 2.74. The third-order valence-electron chi connectivity index (χ3n) is 2.80. The zero-order valence-corrected chi connectivity index (χ0v) is 12.1. The van der Waals surface area contributed by atoms with Crippen LogP contribution < -0.4 is 16.6 Å². The average Bonchev–Trinajstić information content (AvgIpc) is 2.45. The van der Waals surface area contributed by atoms with Crippen LogP contribution in [0, 0.1) is 0 Å². The van der Waals surface area contributed by atoms with Crippen LogP contribution in [0.5, 0.6) is 0 Å². The predicted octanol–water partition coefficient (Wildman–Crippen LogP) is -0.220. The largest absolute Gasteiger partial charge is 0.467 e. The first-order chi connectivity index (χ1) is 9.34. The highest BCUT2D eigenvalue weighted by Crippen LogP contribution is 2.18. The molecule has 0 saturated heterocycles. The molecule has 1 N–H and O–H groups in total. The van der Waals surface area contributed by atoms with Crippen LogP contribution in [0.1, 0.15) is 13.8 Å². The molecule has 1 atom stereocenters. The molecule has 8 heteroatoms. The highest BCUT2D eigenvalue weighted by molar-refractivity contribution is 5.80. The van der Waals surface area contributed by atoms with Gasteiger partial charge in [0.1, 0.15) is 11.7 Å². The molecule has 0 aliphatic heterocycles. The number of aliphatic imine (C=N–C) groups is 1. The van der Waals surface area contributed by atoms with E-state index in [-0.39, 0.29) is 11.5 Å². The lowest BCUT2D eigenvalue weighted by molar-refractivity contribution is -0.141. The molecular weight excluding hydrogens is 264 g/mol. The van der Waals surface area contributed by atoms with Gasteiger partial charge in [0.2, 0.25) is 0 Å². The molecule has 0 fully saturated rings. The minimum absolute atomic E-state index is 0.0746. The van der Waals surface area contributed by atoms with E-state index in [1.165, 1.54) is 32.0 Å². The number of carbonyl (C=O) groups excluding carboxylic acids is 1. The molecule has 20 heavy (non-hydrogen) atoms. The Morgan fingerprint density at radius 1 is 1.35 bits per heavy atom. The molecule has 8 nitrogen and oxygen atoms in total. The molecule has 0 aliphatic rings. The van der Waals surface area contributed by atoms with Gasteiger partial charge in [-0.25, -0.2) is 14.6 Å². The summed E-state index contributed by atoms with van der Waals surface area (Å²) in [4.78, 5) is 39.4. The fourth-order valence-electron chi connectivity index (χ4n) is 1.69. The SMILES string of the molecule is C/C=N\c1c(N[C@@H](C)C(=O)OC)c(=O)n(C)c(=O)n1C. The van der Waals surface area contributed by atoms with E-state index in [1.54, 1.807) is 13.8 Å². The van der Waals surface area contributed by atoms with Crippen LogP contribution >= 0.6 is 0 Å². The molecule has 0 aromatic carbocycles. The van der Waals surface area contributed by atoms with Crippen molar-refractivity contribution in [3.63, 3.8) is 0 Å². The number of rotatable bonds is 4. The van der Waals surface area contributed by atoms with Gasteiger partial charge in [0.25, 0.3) is 5.56 Å². The van der Waals surface area contributed by atoms with Gasteiger partial charge in [0.05, 0.1) is 7.11 Å². The third-order valence-corrected chi connectivity index (χ3v) is 2.80.